The van der Waals surface area contributed by atoms with Gasteiger partial charge in [-0.1, -0.05) is 0 Å². The van der Waals surface area contributed by atoms with Crippen LogP contribution in [0, 0.1) is 0 Å². The predicted octanol–water partition coefficient (Wildman–Crippen LogP) is 1.47. The number of allylic oxidation sites excluding steroid dienone is 1. The molecule has 0 aliphatic heterocycles. The molecular weight excluding hydrogens is 156 g/mol. The van der Waals surface area contributed by atoms with Gasteiger partial charge in [0.25, 0.3) is 0 Å². The zero-order chi connectivity index (χ0) is 9.78. The molecule has 12 heavy (non-hydrogen) atoms. The molecule has 0 N–H and O–H groups in total. The maximum absolute atomic E-state index is 11.0. The van der Waals surface area contributed by atoms with Crippen LogP contribution in [0.3, 0.4) is 0 Å². The zero-order valence-corrected chi connectivity index (χ0v) is 7.88. The standard InChI is InChI=1S/C9H14O3/c1-7(6-10)5-8(11)12-9(2,3)4/h5-6H,1-4H3. The van der Waals surface area contributed by atoms with Crippen molar-refractivity contribution < 1.29 is 14.3 Å². The van der Waals surface area contributed by atoms with E-state index in [0.29, 0.717) is 11.9 Å². The molecule has 0 unspecified atom stereocenters. The fourth-order valence-electron chi connectivity index (χ4n) is 0.551. The first kappa shape index (κ1) is 10.9. The molecule has 0 rings (SSSR count). The molecule has 0 aromatic carbocycles. The minimum Gasteiger partial charge on any atom is -0.457 e. The summed E-state index contributed by atoms with van der Waals surface area (Å²) in [5, 5.41) is 0. The molecule has 0 aliphatic carbocycles. The van der Waals surface area contributed by atoms with E-state index in [2.05, 4.69) is 0 Å². The van der Waals surface area contributed by atoms with E-state index >= 15 is 0 Å². The molecule has 0 radical (unpaired) electrons. The topological polar surface area (TPSA) is 43.4 Å². The predicted molar refractivity (Wildman–Crippen MR) is 45.7 cm³/mol. The number of carbonyl (C=O) groups is 2. The van der Waals surface area contributed by atoms with E-state index in [1.165, 1.54) is 6.08 Å². The van der Waals surface area contributed by atoms with Crippen molar-refractivity contribution >= 4 is 12.3 Å². The Morgan fingerprint density at radius 2 is 1.83 bits per heavy atom. The molecule has 0 aromatic heterocycles. The summed E-state index contributed by atoms with van der Waals surface area (Å²) in [5.41, 5.74) is -0.138. The van der Waals surface area contributed by atoms with Gasteiger partial charge < -0.3 is 4.74 Å². The van der Waals surface area contributed by atoms with Crippen molar-refractivity contribution in [1.82, 2.24) is 0 Å². The number of aldehydes is 1. The maximum Gasteiger partial charge on any atom is 0.331 e. The molecule has 3 nitrogen and oxygen atoms in total. The summed E-state index contributed by atoms with van der Waals surface area (Å²) < 4.78 is 4.94. The van der Waals surface area contributed by atoms with E-state index in [4.69, 9.17) is 4.74 Å². The van der Waals surface area contributed by atoms with Crippen LogP contribution < -0.4 is 0 Å². The number of ether oxygens (including phenoxy) is 1. The van der Waals surface area contributed by atoms with Crippen LogP contribution in [-0.4, -0.2) is 17.9 Å². The number of esters is 1. The Bertz CT molecular complexity index is 208. The van der Waals surface area contributed by atoms with Crippen molar-refractivity contribution in [1.29, 1.82) is 0 Å². The highest BCUT2D eigenvalue weighted by molar-refractivity contribution is 5.89. The van der Waals surface area contributed by atoms with Gasteiger partial charge in [-0.05, 0) is 33.3 Å². The first-order valence-electron chi connectivity index (χ1n) is 3.71. The fourth-order valence-corrected chi connectivity index (χ4v) is 0.551. The molecule has 0 atom stereocenters. The summed E-state index contributed by atoms with van der Waals surface area (Å²) in [4.78, 5) is 21.1. The van der Waals surface area contributed by atoms with Gasteiger partial charge in [0, 0.05) is 6.08 Å². The van der Waals surface area contributed by atoms with Crippen molar-refractivity contribution in [3.8, 4) is 0 Å². The Morgan fingerprint density at radius 1 is 1.33 bits per heavy atom. The number of rotatable bonds is 2. The fraction of sp³-hybridized carbons (Fsp3) is 0.556. The van der Waals surface area contributed by atoms with Gasteiger partial charge in [0.05, 0.1) is 0 Å². The largest absolute Gasteiger partial charge is 0.457 e. The van der Waals surface area contributed by atoms with Crippen molar-refractivity contribution in [3.63, 3.8) is 0 Å². The van der Waals surface area contributed by atoms with Crippen molar-refractivity contribution in [2.24, 2.45) is 0 Å². The Labute approximate surface area is 72.4 Å². The molecule has 0 amide bonds. The Kier molecular flexibility index (Phi) is 3.67. The summed E-state index contributed by atoms with van der Waals surface area (Å²) >= 11 is 0. The second kappa shape index (κ2) is 4.04. The average molecular weight is 170 g/mol. The van der Waals surface area contributed by atoms with Gasteiger partial charge in [0.15, 0.2) is 0 Å². The third-order valence-corrected chi connectivity index (χ3v) is 0.938. The number of hydrogen-bond acceptors (Lipinski definition) is 3. The average Bonchev–Trinajstić information content (AvgIpc) is 1.82. The van der Waals surface area contributed by atoms with Crippen LogP contribution in [0.4, 0.5) is 0 Å². The molecule has 3 heteroatoms. The van der Waals surface area contributed by atoms with Crippen LogP contribution in [0.15, 0.2) is 11.6 Å². The Hall–Kier alpha value is -1.12. The van der Waals surface area contributed by atoms with Gasteiger partial charge in [0.2, 0.25) is 0 Å². The van der Waals surface area contributed by atoms with Gasteiger partial charge in [0.1, 0.15) is 11.9 Å². The molecule has 0 bridgehead atoms. The molecule has 68 valence electrons. The summed E-state index contributed by atoms with van der Waals surface area (Å²) in [6.45, 7) is 6.87. The highest BCUT2D eigenvalue weighted by Crippen LogP contribution is 2.07. The van der Waals surface area contributed by atoms with Crippen LogP contribution >= 0.6 is 0 Å². The summed E-state index contributed by atoms with van der Waals surface area (Å²) in [6.07, 6.45) is 1.79. The molecular formula is C9H14O3. The molecule has 0 aromatic rings. The van der Waals surface area contributed by atoms with Crippen molar-refractivity contribution in [2.45, 2.75) is 33.3 Å². The van der Waals surface area contributed by atoms with Gasteiger partial charge in [-0.15, -0.1) is 0 Å². The van der Waals surface area contributed by atoms with Gasteiger partial charge in [-0.25, -0.2) is 4.79 Å². The highest BCUT2D eigenvalue weighted by atomic mass is 16.6. The summed E-state index contributed by atoms with van der Waals surface area (Å²) in [5.74, 6) is -0.480. The normalized spacial score (nSPS) is 12.5. The lowest BCUT2D eigenvalue weighted by molar-refractivity contribution is -0.148. The maximum atomic E-state index is 11.0. The monoisotopic (exact) mass is 170 g/mol. The van der Waals surface area contributed by atoms with Gasteiger partial charge in [-0.2, -0.15) is 0 Å². The Balaban J connectivity index is 4.16. The minimum atomic E-state index is -0.503. The van der Waals surface area contributed by atoms with E-state index in [0.717, 1.165) is 0 Å². The number of hydrogen-bond donors (Lipinski definition) is 0. The first-order valence-corrected chi connectivity index (χ1v) is 3.71. The third kappa shape index (κ3) is 5.65. The summed E-state index contributed by atoms with van der Waals surface area (Å²) in [6, 6.07) is 0. The number of carbonyl (C=O) groups excluding carboxylic acids is 2. The molecule has 0 fully saturated rings. The van der Waals surface area contributed by atoms with Crippen LogP contribution in [-0.2, 0) is 14.3 Å². The summed E-state index contributed by atoms with van der Waals surface area (Å²) in [7, 11) is 0. The minimum absolute atomic E-state index is 0.365. The SMILES string of the molecule is CC(C=O)=CC(=O)OC(C)(C)C. The lowest BCUT2D eigenvalue weighted by atomic mass is 10.2. The van der Waals surface area contributed by atoms with Gasteiger partial charge >= 0.3 is 5.97 Å². The van der Waals surface area contributed by atoms with E-state index < -0.39 is 11.6 Å². The smallest absolute Gasteiger partial charge is 0.331 e. The van der Waals surface area contributed by atoms with Crippen LogP contribution in [0.2, 0.25) is 0 Å². The van der Waals surface area contributed by atoms with Crippen molar-refractivity contribution in [2.75, 3.05) is 0 Å². The highest BCUT2D eigenvalue weighted by Gasteiger charge is 2.14. The van der Waals surface area contributed by atoms with Crippen LogP contribution in [0.1, 0.15) is 27.7 Å². The molecule has 0 saturated heterocycles. The lowest BCUT2D eigenvalue weighted by Gasteiger charge is -2.17. The van der Waals surface area contributed by atoms with E-state index in [-0.39, 0.29) is 0 Å². The van der Waals surface area contributed by atoms with Crippen LogP contribution in [0.25, 0.3) is 0 Å². The second-order valence-electron chi connectivity index (χ2n) is 3.54. The molecule has 0 heterocycles. The third-order valence-electron chi connectivity index (χ3n) is 0.938. The van der Waals surface area contributed by atoms with E-state index in [1.54, 1.807) is 27.7 Å². The molecule has 0 saturated carbocycles. The quantitative estimate of drug-likeness (QED) is 0.358. The van der Waals surface area contributed by atoms with E-state index in [1.807, 2.05) is 0 Å². The van der Waals surface area contributed by atoms with E-state index in [9.17, 15) is 9.59 Å². The van der Waals surface area contributed by atoms with Gasteiger partial charge in [-0.3, -0.25) is 4.79 Å². The Morgan fingerprint density at radius 3 is 2.17 bits per heavy atom. The van der Waals surface area contributed by atoms with Crippen molar-refractivity contribution in [3.05, 3.63) is 11.6 Å². The zero-order valence-electron chi connectivity index (χ0n) is 7.88. The second-order valence-corrected chi connectivity index (χ2v) is 3.54. The molecule has 0 spiro atoms. The lowest BCUT2D eigenvalue weighted by Crippen LogP contribution is -2.22. The molecule has 0 aliphatic rings. The van der Waals surface area contributed by atoms with Crippen LogP contribution in [0.5, 0.6) is 0 Å². The first-order chi connectivity index (χ1) is 5.35.